The summed E-state index contributed by atoms with van der Waals surface area (Å²) in [5.74, 6) is 0. The van der Waals surface area contributed by atoms with Crippen LogP contribution >= 0.6 is 22.7 Å². The minimum Gasteiger partial charge on any atom is -0.315 e. The van der Waals surface area contributed by atoms with Gasteiger partial charge in [-0.3, -0.25) is 0 Å². The molecule has 0 amide bonds. The van der Waals surface area contributed by atoms with Gasteiger partial charge in [-0.2, -0.15) is 0 Å². The van der Waals surface area contributed by atoms with E-state index in [4.69, 9.17) is 4.98 Å². The average molecular weight is 585 g/mol. The van der Waals surface area contributed by atoms with Crippen molar-refractivity contribution in [3.05, 3.63) is 146 Å². The Labute approximate surface area is 256 Å². The third kappa shape index (κ3) is 3.95. The van der Waals surface area contributed by atoms with E-state index in [9.17, 15) is 0 Å². The van der Waals surface area contributed by atoms with E-state index in [0.717, 1.165) is 16.0 Å². The number of para-hydroxylation sites is 2. The van der Waals surface area contributed by atoms with Crippen molar-refractivity contribution >= 4 is 85.5 Å². The molecule has 0 saturated heterocycles. The van der Waals surface area contributed by atoms with E-state index >= 15 is 0 Å². The number of aromatic nitrogens is 2. The molecule has 0 aliphatic heterocycles. The number of fused-ring (bicyclic) bond motifs is 8. The summed E-state index contributed by atoms with van der Waals surface area (Å²) in [6.45, 7) is 0. The summed E-state index contributed by atoms with van der Waals surface area (Å²) >= 11 is 3.64. The SMILES string of the molecule is c1ccc2cc3ccccc3n(-c3ccc(-c4nc5ccccc5s4)c4c3sc3ccc5ccccc5c34)cccc2c1. The van der Waals surface area contributed by atoms with Crippen molar-refractivity contribution in [2.45, 2.75) is 0 Å². The van der Waals surface area contributed by atoms with E-state index in [1.807, 2.05) is 11.3 Å². The molecule has 0 spiro atoms. The number of hydrogen-bond acceptors (Lipinski definition) is 3. The molecule has 0 unspecified atom stereocenters. The molecule has 9 rings (SSSR count). The zero-order valence-electron chi connectivity index (χ0n) is 23.1. The van der Waals surface area contributed by atoms with Gasteiger partial charge in [-0.05, 0) is 75.5 Å². The number of nitrogens with zero attached hydrogens (tertiary/aromatic N) is 2. The second-order valence-electron chi connectivity index (χ2n) is 10.8. The summed E-state index contributed by atoms with van der Waals surface area (Å²) in [4.78, 5) is 5.13. The quantitative estimate of drug-likeness (QED) is 0.198. The first-order valence-corrected chi connectivity index (χ1v) is 16.0. The van der Waals surface area contributed by atoms with Crippen LogP contribution in [0, 0.1) is 0 Å². The van der Waals surface area contributed by atoms with Crippen molar-refractivity contribution in [2.24, 2.45) is 0 Å². The lowest BCUT2D eigenvalue weighted by molar-refractivity contribution is 1.13. The predicted octanol–water partition coefficient (Wildman–Crippen LogP) is 11.7. The molecule has 0 radical (unpaired) electrons. The van der Waals surface area contributed by atoms with Crippen molar-refractivity contribution in [3.8, 4) is 16.3 Å². The highest BCUT2D eigenvalue weighted by Crippen LogP contribution is 2.47. The molecule has 3 heterocycles. The van der Waals surface area contributed by atoms with Crippen LogP contribution in [-0.2, 0) is 0 Å². The maximum Gasteiger partial charge on any atom is 0.125 e. The van der Waals surface area contributed by atoms with Crippen LogP contribution in [0.5, 0.6) is 0 Å². The van der Waals surface area contributed by atoms with Gasteiger partial charge in [0, 0.05) is 27.2 Å². The summed E-state index contributed by atoms with van der Waals surface area (Å²) in [7, 11) is 0. The normalized spacial score (nSPS) is 11.7. The Morgan fingerprint density at radius 3 is 2.16 bits per heavy atom. The van der Waals surface area contributed by atoms with Crippen molar-refractivity contribution in [1.82, 2.24) is 9.55 Å². The molecular formula is C39H24N2S2. The molecule has 43 heavy (non-hydrogen) atoms. The molecular weight excluding hydrogens is 561 g/mol. The monoisotopic (exact) mass is 584 g/mol. The van der Waals surface area contributed by atoms with Crippen LogP contribution in [0.3, 0.4) is 0 Å². The van der Waals surface area contributed by atoms with Crippen LogP contribution in [0.2, 0.25) is 0 Å². The standard InChI is InChI=1S/C39H24N2S2/c1-2-12-27-24-28-13-4-7-17-32(28)41(23-9-14-25(27)10-1)33-21-20-30(39-40-31-16-6-8-18-34(31)43-39)37-36-29-15-5-3-11-26(29)19-22-35(36)42-38(33)37/h1-24H. The van der Waals surface area contributed by atoms with E-state index in [-0.39, 0.29) is 0 Å². The smallest absolute Gasteiger partial charge is 0.125 e. The minimum absolute atomic E-state index is 1.05. The Kier molecular flexibility index (Phi) is 5.58. The van der Waals surface area contributed by atoms with Gasteiger partial charge in [0.05, 0.1) is 26.1 Å². The van der Waals surface area contributed by atoms with Crippen molar-refractivity contribution in [2.75, 3.05) is 0 Å². The average Bonchev–Trinajstić information content (AvgIpc) is 3.68. The molecule has 4 heteroatoms. The first kappa shape index (κ1) is 24.6. The van der Waals surface area contributed by atoms with Crippen LogP contribution < -0.4 is 0 Å². The van der Waals surface area contributed by atoms with E-state index in [0.29, 0.717) is 0 Å². The van der Waals surface area contributed by atoms with Crippen molar-refractivity contribution < 1.29 is 0 Å². The molecule has 202 valence electrons. The van der Waals surface area contributed by atoms with E-state index in [1.54, 1.807) is 11.3 Å². The number of hydrogen-bond donors (Lipinski definition) is 0. The fourth-order valence-corrected chi connectivity index (χ4v) is 8.55. The molecule has 0 saturated carbocycles. The van der Waals surface area contributed by atoms with Gasteiger partial charge in [0.15, 0.2) is 0 Å². The highest BCUT2D eigenvalue weighted by molar-refractivity contribution is 7.26. The van der Waals surface area contributed by atoms with Gasteiger partial charge in [0.2, 0.25) is 0 Å². The topological polar surface area (TPSA) is 17.8 Å². The van der Waals surface area contributed by atoms with Gasteiger partial charge in [-0.15, -0.1) is 22.7 Å². The van der Waals surface area contributed by atoms with Crippen molar-refractivity contribution in [3.63, 3.8) is 0 Å². The Morgan fingerprint density at radius 1 is 0.512 bits per heavy atom. The van der Waals surface area contributed by atoms with Gasteiger partial charge >= 0.3 is 0 Å². The van der Waals surface area contributed by atoms with E-state index in [2.05, 4.69) is 150 Å². The van der Waals surface area contributed by atoms with Gasteiger partial charge in [0.25, 0.3) is 0 Å². The Balaban J connectivity index is 1.44. The molecule has 6 aromatic carbocycles. The third-order valence-electron chi connectivity index (χ3n) is 8.29. The second kappa shape index (κ2) is 9.77. The van der Waals surface area contributed by atoms with Crippen LogP contribution in [0.25, 0.3) is 79.1 Å². The minimum atomic E-state index is 1.05. The van der Waals surface area contributed by atoms with Crippen LogP contribution in [0.1, 0.15) is 0 Å². The van der Waals surface area contributed by atoms with Gasteiger partial charge < -0.3 is 4.57 Å². The van der Waals surface area contributed by atoms with Gasteiger partial charge in [0.1, 0.15) is 5.01 Å². The molecule has 0 fully saturated rings. The second-order valence-corrected chi connectivity index (χ2v) is 12.9. The fourth-order valence-electron chi connectivity index (χ4n) is 6.30. The zero-order valence-corrected chi connectivity index (χ0v) is 24.7. The molecule has 3 aromatic heterocycles. The Morgan fingerprint density at radius 2 is 1.26 bits per heavy atom. The summed E-state index contributed by atoms with van der Waals surface area (Å²) in [5, 5.41) is 9.78. The summed E-state index contributed by atoms with van der Waals surface area (Å²) in [6.07, 6.45) is 2.21. The predicted molar refractivity (Wildman–Crippen MR) is 187 cm³/mol. The summed E-state index contributed by atoms with van der Waals surface area (Å²) < 4.78 is 6.12. The Hall–Kier alpha value is -5.03. The van der Waals surface area contributed by atoms with Gasteiger partial charge in [-0.25, -0.2) is 4.98 Å². The van der Waals surface area contributed by atoms with Crippen LogP contribution in [0.4, 0.5) is 0 Å². The van der Waals surface area contributed by atoms with E-state index < -0.39 is 0 Å². The zero-order chi connectivity index (χ0) is 28.3. The van der Waals surface area contributed by atoms with E-state index in [1.165, 1.54) is 63.1 Å². The highest BCUT2D eigenvalue weighted by atomic mass is 32.1. The largest absolute Gasteiger partial charge is 0.315 e. The molecule has 2 nitrogen and oxygen atoms in total. The maximum absolute atomic E-state index is 5.13. The number of thiophene rings is 1. The first-order chi connectivity index (χ1) is 21.3. The van der Waals surface area contributed by atoms with Crippen LogP contribution in [0.15, 0.2) is 146 Å². The number of thiazole rings is 1. The Bertz CT molecular complexity index is 2550. The summed E-state index contributed by atoms with van der Waals surface area (Å²) in [6, 6.07) is 50.2. The maximum atomic E-state index is 5.13. The first-order valence-electron chi connectivity index (χ1n) is 14.4. The number of rotatable bonds is 2. The molecule has 9 aromatic rings. The van der Waals surface area contributed by atoms with Gasteiger partial charge in [-0.1, -0.05) is 91.0 Å². The molecule has 0 aliphatic rings. The molecule has 0 bridgehead atoms. The lowest BCUT2D eigenvalue weighted by atomic mass is 10.00. The lowest BCUT2D eigenvalue weighted by Gasteiger charge is -2.12. The lowest BCUT2D eigenvalue weighted by Crippen LogP contribution is -1.95. The highest BCUT2D eigenvalue weighted by Gasteiger charge is 2.19. The third-order valence-corrected chi connectivity index (χ3v) is 10.5. The van der Waals surface area contributed by atoms with Crippen LogP contribution in [-0.4, -0.2) is 9.55 Å². The molecule has 0 N–H and O–H groups in total. The molecule has 0 atom stereocenters. The molecule has 0 aliphatic carbocycles. The summed E-state index contributed by atoms with van der Waals surface area (Å²) in [5.41, 5.74) is 4.56. The fraction of sp³-hybridized carbons (Fsp3) is 0. The number of benzene rings is 6. The van der Waals surface area contributed by atoms with Crippen molar-refractivity contribution in [1.29, 1.82) is 0 Å².